The highest BCUT2D eigenvalue weighted by Crippen LogP contribution is 2.18. The summed E-state index contributed by atoms with van der Waals surface area (Å²) in [5.41, 5.74) is 1.16. The summed E-state index contributed by atoms with van der Waals surface area (Å²) in [6.07, 6.45) is 2.90. The van der Waals surface area contributed by atoms with E-state index in [2.05, 4.69) is 10.4 Å². The lowest BCUT2D eigenvalue weighted by Gasteiger charge is -2.17. The normalized spacial score (nSPS) is 10.7. The van der Waals surface area contributed by atoms with Gasteiger partial charge in [-0.2, -0.15) is 5.10 Å². The smallest absolute Gasteiger partial charge is 0.244 e. The van der Waals surface area contributed by atoms with Gasteiger partial charge in [-0.15, -0.1) is 0 Å². The summed E-state index contributed by atoms with van der Waals surface area (Å²) in [5, 5.41) is 6.69. The van der Waals surface area contributed by atoms with E-state index < -0.39 is 17.5 Å². The van der Waals surface area contributed by atoms with Crippen LogP contribution in [0.3, 0.4) is 0 Å². The van der Waals surface area contributed by atoms with Crippen LogP contribution >= 0.6 is 0 Å². The largest absolute Gasteiger partial charge is 0.492 e. The van der Waals surface area contributed by atoms with Crippen molar-refractivity contribution in [3.8, 4) is 11.5 Å². The first kappa shape index (κ1) is 25.6. The van der Waals surface area contributed by atoms with Gasteiger partial charge in [-0.25, -0.2) is 13.2 Å². The zero-order chi connectivity index (χ0) is 25.4. The molecule has 11 heteroatoms. The monoisotopic (exact) mass is 490 g/mol. The van der Waals surface area contributed by atoms with Gasteiger partial charge >= 0.3 is 0 Å². The van der Waals surface area contributed by atoms with Crippen molar-refractivity contribution in [2.45, 2.75) is 19.9 Å². The minimum atomic E-state index is -1.01. The van der Waals surface area contributed by atoms with Crippen LogP contribution in [0.4, 0.5) is 18.9 Å². The van der Waals surface area contributed by atoms with Gasteiger partial charge in [-0.3, -0.25) is 14.3 Å². The lowest BCUT2D eigenvalue weighted by molar-refractivity contribution is -0.131. The number of anilines is 1. The van der Waals surface area contributed by atoms with E-state index in [-0.39, 0.29) is 56.0 Å². The summed E-state index contributed by atoms with van der Waals surface area (Å²) in [5.74, 6) is -2.85. The van der Waals surface area contributed by atoms with Gasteiger partial charge in [-0.05, 0) is 36.8 Å². The molecule has 2 aromatic carbocycles. The molecule has 0 atom stereocenters. The number of aromatic nitrogens is 2. The lowest BCUT2D eigenvalue weighted by atomic mass is 10.2. The van der Waals surface area contributed by atoms with E-state index in [1.807, 2.05) is 0 Å². The Labute approximate surface area is 200 Å². The third-order valence-electron chi connectivity index (χ3n) is 4.90. The summed E-state index contributed by atoms with van der Waals surface area (Å²) in [4.78, 5) is 25.9. The first-order chi connectivity index (χ1) is 16.7. The maximum absolute atomic E-state index is 13.8. The highest BCUT2D eigenvalue weighted by molar-refractivity contribution is 5.90. The standard InChI is InChI=1S/C24H25F3N4O4/c1-16-3-6-22(21(27)11-16)35-9-7-23(32)29-17-13-28-31(14-17)15-24(33)30(2)8-10-34-18-4-5-19(25)20(26)12-18/h3-6,11-14H,7-10,15H2,1-2H3,(H,29,32). The highest BCUT2D eigenvalue weighted by Gasteiger charge is 2.12. The third-order valence-corrected chi connectivity index (χ3v) is 4.90. The third kappa shape index (κ3) is 7.76. The molecule has 0 radical (unpaired) electrons. The predicted octanol–water partition coefficient (Wildman–Crippen LogP) is 3.55. The number of hydrogen-bond acceptors (Lipinski definition) is 5. The second kappa shape index (κ2) is 11.9. The molecule has 35 heavy (non-hydrogen) atoms. The molecule has 1 aromatic heterocycles. The van der Waals surface area contributed by atoms with E-state index >= 15 is 0 Å². The van der Waals surface area contributed by atoms with Crippen molar-refractivity contribution >= 4 is 17.5 Å². The molecule has 0 saturated carbocycles. The Morgan fingerprint density at radius 1 is 1.03 bits per heavy atom. The quantitative estimate of drug-likeness (QED) is 0.444. The number of benzene rings is 2. The zero-order valence-electron chi connectivity index (χ0n) is 19.3. The molecule has 2 amide bonds. The van der Waals surface area contributed by atoms with Crippen LogP contribution in [0.5, 0.6) is 11.5 Å². The molecule has 186 valence electrons. The van der Waals surface area contributed by atoms with Gasteiger partial charge in [0.25, 0.3) is 0 Å². The molecule has 1 heterocycles. The van der Waals surface area contributed by atoms with Crippen molar-refractivity contribution in [2.75, 3.05) is 32.1 Å². The maximum Gasteiger partial charge on any atom is 0.244 e. The average Bonchev–Trinajstić information content (AvgIpc) is 3.24. The molecule has 0 aliphatic carbocycles. The number of rotatable bonds is 11. The van der Waals surface area contributed by atoms with Gasteiger partial charge in [0.15, 0.2) is 23.2 Å². The number of nitrogens with zero attached hydrogens (tertiary/aromatic N) is 3. The van der Waals surface area contributed by atoms with Crippen LogP contribution in [0.25, 0.3) is 0 Å². The molecule has 0 fully saturated rings. The number of hydrogen-bond donors (Lipinski definition) is 1. The van der Waals surface area contributed by atoms with Crippen LogP contribution in [0.15, 0.2) is 48.8 Å². The fourth-order valence-corrected chi connectivity index (χ4v) is 2.97. The summed E-state index contributed by atoms with van der Waals surface area (Å²) < 4.78 is 51.9. The Morgan fingerprint density at radius 2 is 1.83 bits per heavy atom. The molecular weight excluding hydrogens is 465 g/mol. The number of ether oxygens (including phenoxy) is 2. The van der Waals surface area contributed by atoms with Crippen molar-refractivity contribution < 1.29 is 32.2 Å². The fourth-order valence-electron chi connectivity index (χ4n) is 2.97. The minimum absolute atomic E-state index is 0.00187. The van der Waals surface area contributed by atoms with Gasteiger partial charge < -0.3 is 19.7 Å². The van der Waals surface area contributed by atoms with Gasteiger partial charge in [0.1, 0.15) is 18.9 Å². The number of aryl methyl sites for hydroxylation is 1. The molecule has 0 unspecified atom stereocenters. The van der Waals surface area contributed by atoms with E-state index in [0.717, 1.165) is 17.7 Å². The predicted molar refractivity (Wildman–Crippen MR) is 122 cm³/mol. The van der Waals surface area contributed by atoms with Crippen LogP contribution in [-0.2, 0) is 16.1 Å². The number of halogens is 3. The second-order valence-corrected chi connectivity index (χ2v) is 7.75. The number of amides is 2. The zero-order valence-corrected chi connectivity index (χ0v) is 19.3. The van der Waals surface area contributed by atoms with E-state index in [9.17, 15) is 22.8 Å². The van der Waals surface area contributed by atoms with Crippen molar-refractivity contribution in [2.24, 2.45) is 0 Å². The molecule has 8 nitrogen and oxygen atoms in total. The second-order valence-electron chi connectivity index (χ2n) is 7.75. The van der Waals surface area contributed by atoms with E-state index in [1.165, 1.54) is 40.2 Å². The number of carbonyl (C=O) groups excluding carboxylic acids is 2. The molecule has 1 N–H and O–H groups in total. The molecule has 3 rings (SSSR count). The number of nitrogens with one attached hydrogen (secondary N) is 1. The Kier molecular flexibility index (Phi) is 8.71. The number of carbonyl (C=O) groups is 2. The summed E-state index contributed by atoms with van der Waals surface area (Å²) >= 11 is 0. The van der Waals surface area contributed by atoms with Crippen LogP contribution < -0.4 is 14.8 Å². The average molecular weight is 490 g/mol. The number of likely N-dealkylation sites (N-methyl/N-ethyl adjacent to an activating group) is 1. The maximum atomic E-state index is 13.8. The van der Waals surface area contributed by atoms with E-state index in [4.69, 9.17) is 9.47 Å². The Hall–Kier alpha value is -4.02. The molecule has 0 saturated heterocycles. The van der Waals surface area contributed by atoms with Crippen LogP contribution in [0.2, 0.25) is 0 Å². The first-order valence-corrected chi connectivity index (χ1v) is 10.7. The van der Waals surface area contributed by atoms with Crippen molar-refractivity contribution in [3.05, 3.63) is 71.8 Å². The minimum Gasteiger partial charge on any atom is -0.492 e. The van der Waals surface area contributed by atoms with Gasteiger partial charge in [0.05, 0.1) is 31.5 Å². The van der Waals surface area contributed by atoms with Gasteiger partial charge in [0.2, 0.25) is 11.8 Å². The van der Waals surface area contributed by atoms with Crippen LogP contribution in [0.1, 0.15) is 12.0 Å². The van der Waals surface area contributed by atoms with Crippen molar-refractivity contribution in [3.63, 3.8) is 0 Å². The van der Waals surface area contributed by atoms with Gasteiger partial charge in [-0.1, -0.05) is 6.07 Å². The molecule has 0 aliphatic rings. The van der Waals surface area contributed by atoms with Crippen molar-refractivity contribution in [1.29, 1.82) is 0 Å². The summed E-state index contributed by atoms with van der Waals surface area (Å²) in [7, 11) is 1.57. The molecular formula is C24H25F3N4O4. The lowest BCUT2D eigenvalue weighted by Crippen LogP contribution is -2.33. The molecule has 3 aromatic rings. The van der Waals surface area contributed by atoms with Crippen molar-refractivity contribution in [1.82, 2.24) is 14.7 Å². The topological polar surface area (TPSA) is 85.7 Å². The molecule has 0 spiro atoms. The molecule has 0 aliphatic heterocycles. The SMILES string of the molecule is Cc1ccc(OCCC(=O)Nc2cnn(CC(=O)N(C)CCOc3ccc(F)c(F)c3)c2)c(F)c1. The Balaban J connectivity index is 1.38. The fraction of sp³-hybridized carbons (Fsp3) is 0.292. The Bertz CT molecular complexity index is 1190. The molecule has 0 bridgehead atoms. The first-order valence-electron chi connectivity index (χ1n) is 10.7. The highest BCUT2D eigenvalue weighted by atomic mass is 19.2. The van der Waals surface area contributed by atoms with Crippen LogP contribution in [-0.4, -0.2) is 53.3 Å². The van der Waals surface area contributed by atoms with Crippen LogP contribution in [0, 0.1) is 24.4 Å². The summed E-state index contributed by atoms with van der Waals surface area (Å²) in [6, 6.07) is 7.77. The van der Waals surface area contributed by atoms with Gasteiger partial charge in [0, 0.05) is 19.3 Å². The van der Waals surface area contributed by atoms with E-state index in [0.29, 0.717) is 5.69 Å². The van der Waals surface area contributed by atoms with E-state index in [1.54, 1.807) is 20.0 Å². The Morgan fingerprint density at radius 3 is 2.57 bits per heavy atom. The summed E-state index contributed by atoms with van der Waals surface area (Å²) in [6.45, 7) is 1.98.